The number of benzene rings is 4. The standard InChI is InChI=1S/C40H39ClN2O3S/c1-2-3-25-42-34(32-17-7-11-28-13-9-19-36(42)38(28)32)23-21-30-15-6-16-31(40(30)41)22-24-35-33-18-8-12-29-14-10-20-37(39(29)33)43(35)26-4-5-27-47(44,45)46/h7-14,17-24H,2-6,15-16,25-27H2,1H3/p+1. The number of nitrogens with zero attached hydrogens (tertiary/aromatic N) is 2. The van der Waals surface area contributed by atoms with Gasteiger partial charge in [-0.15, -0.1) is 0 Å². The molecule has 1 aliphatic carbocycles. The van der Waals surface area contributed by atoms with Crippen molar-refractivity contribution in [3.8, 4) is 0 Å². The molecule has 0 atom stereocenters. The van der Waals surface area contributed by atoms with Gasteiger partial charge < -0.3 is 4.57 Å². The van der Waals surface area contributed by atoms with Crippen molar-refractivity contribution in [3.05, 3.63) is 118 Å². The van der Waals surface area contributed by atoms with E-state index in [0.29, 0.717) is 19.4 Å². The van der Waals surface area contributed by atoms with E-state index in [9.17, 15) is 13.0 Å². The van der Waals surface area contributed by atoms with Gasteiger partial charge in [-0.05, 0) is 72.2 Å². The van der Waals surface area contributed by atoms with Gasteiger partial charge in [0.2, 0.25) is 11.4 Å². The molecule has 0 amide bonds. The molecule has 0 saturated heterocycles. The molecular weight excluding hydrogens is 624 g/mol. The second-order valence-electron chi connectivity index (χ2n) is 12.7. The van der Waals surface area contributed by atoms with Gasteiger partial charge in [0.15, 0.2) is 0 Å². The van der Waals surface area contributed by atoms with Gasteiger partial charge in [0.05, 0.1) is 16.7 Å². The molecule has 47 heavy (non-hydrogen) atoms. The fraction of sp³-hybridized carbons (Fsp3) is 0.275. The van der Waals surface area contributed by atoms with Crippen LogP contribution in [0, 0.1) is 0 Å². The molecule has 5 aromatic rings. The first kappa shape index (κ1) is 31.6. The number of aryl methyl sites for hydroxylation is 1. The highest BCUT2D eigenvalue weighted by Gasteiger charge is 2.30. The fourth-order valence-corrected chi connectivity index (χ4v) is 8.23. The highest BCUT2D eigenvalue weighted by molar-refractivity contribution is 7.85. The van der Waals surface area contributed by atoms with E-state index in [1.807, 2.05) is 0 Å². The van der Waals surface area contributed by atoms with Crippen molar-refractivity contribution in [1.82, 2.24) is 4.57 Å². The molecule has 5 nitrogen and oxygen atoms in total. The molecule has 1 N–H and O–H groups in total. The van der Waals surface area contributed by atoms with E-state index in [4.69, 9.17) is 11.6 Å². The minimum Gasteiger partial charge on any atom is -0.340 e. The molecule has 2 aliphatic rings. The molecule has 1 aliphatic heterocycles. The third kappa shape index (κ3) is 6.22. The van der Waals surface area contributed by atoms with Crippen molar-refractivity contribution in [2.45, 2.75) is 58.4 Å². The zero-order chi connectivity index (χ0) is 32.5. The molecule has 0 radical (unpaired) electrons. The van der Waals surface area contributed by atoms with E-state index >= 15 is 0 Å². The maximum atomic E-state index is 11.3. The molecule has 0 bridgehead atoms. The molecule has 0 unspecified atom stereocenters. The van der Waals surface area contributed by atoms with Gasteiger partial charge in [-0.1, -0.05) is 91.7 Å². The predicted molar refractivity (Wildman–Crippen MR) is 196 cm³/mol. The molecule has 7 heteroatoms. The Morgan fingerprint density at radius 2 is 1.62 bits per heavy atom. The summed E-state index contributed by atoms with van der Waals surface area (Å²) in [6, 6.07) is 25.9. The van der Waals surface area contributed by atoms with Crippen LogP contribution in [-0.2, 0) is 16.7 Å². The Bertz CT molecular complexity index is 2300. The predicted octanol–water partition coefficient (Wildman–Crippen LogP) is 9.22. The summed E-state index contributed by atoms with van der Waals surface area (Å²) in [6.07, 6.45) is 15.0. The lowest BCUT2D eigenvalue weighted by Gasteiger charge is -2.16. The maximum absolute atomic E-state index is 11.3. The number of hydrogen-bond donors (Lipinski definition) is 1. The summed E-state index contributed by atoms with van der Waals surface area (Å²) in [5.74, 6) is -0.228. The Hall–Kier alpha value is -3.97. The molecule has 4 aromatic carbocycles. The van der Waals surface area contributed by atoms with Gasteiger partial charge >= 0.3 is 0 Å². The number of halogens is 1. The van der Waals surface area contributed by atoms with Crippen LogP contribution in [0.5, 0.6) is 0 Å². The molecule has 0 fully saturated rings. The number of hydrogen-bond acceptors (Lipinski definition) is 2. The van der Waals surface area contributed by atoms with Crippen LogP contribution >= 0.6 is 11.6 Å². The largest absolute Gasteiger partial charge is 0.340 e. The Balaban J connectivity index is 1.26. The second-order valence-corrected chi connectivity index (χ2v) is 14.6. The number of allylic oxidation sites excluding steroid dienone is 6. The smallest absolute Gasteiger partial charge is 0.264 e. The second kappa shape index (κ2) is 13.3. The highest BCUT2D eigenvalue weighted by atomic mass is 35.5. The van der Waals surface area contributed by atoms with Crippen LogP contribution in [0.3, 0.4) is 0 Å². The van der Waals surface area contributed by atoms with Gasteiger partial charge in [-0.25, -0.2) is 0 Å². The Morgan fingerprint density at radius 1 is 0.872 bits per heavy atom. The van der Waals surface area contributed by atoms with Crippen molar-refractivity contribution >= 4 is 71.6 Å². The molecule has 0 spiro atoms. The summed E-state index contributed by atoms with van der Waals surface area (Å²) in [5.41, 5.74) is 6.95. The van der Waals surface area contributed by atoms with Gasteiger partial charge in [-0.2, -0.15) is 13.0 Å². The Kier molecular flexibility index (Phi) is 8.93. The van der Waals surface area contributed by atoms with Crippen molar-refractivity contribution < 1.29 is 17.5 Å². The van der Waals surface area contributed by atoms with Gasteiger partial charge in [0.1, 0.15) is 6.54 Å². The summed E-state index contributed by atoms with van der Waals surface area (Å²) in [5, 5.41) is 8.34. The number of aromatic nitrogens is 1. The monoisotopic (exact) mass is 663 g/mol. The van der Waals surface area contributed by atoms with Crippen LogP contribution in [0.2, 0.25) is 0 Å². The molecule has 0 saturated carbocycles. The average Bonchev–Trinajstić information content (AvgIpc) is 3.54. The molecule has 1 aromatic heterocycles. The summed E-state index contributed by atoms with van der Waals surface area (Å²) in [4.78, 5) is 0. The van der Waals surface area contributed by atoms with Crippen LogP contribution in [-0.4, -0.2) is 40.1 Å². The lowest BCUT2D eigenvalue weighted by Crippen LogP contribution is -2.16. The van der Waals surface area contributed by atoms with Crippen molar-refractivity contribution in [3.63, 3.8) is 0 Å². The third-order valence-corrected chi connectivity index (χ3v) is 10.9. The lowest BCUT2D eigenvalue weighted by molar-refractivity contribution is -0.436. The topological polar surface area (TPSA) is 62.3 Å². The van der Waals surface area contributed by atoms with Crippen LogP contribution in [0.4, 0.5) is 5.69 Å². The number of unbranched alkanes of at least 4 members (excludes halogenated alkanes) is 2. The molecule has 2 heterocycles. The van der Waals surface area contributed by atoms with Gasteiger partial charge in [0, 0.05) is 51.8 Å². The summed E-state index contributed by atoms with van der Waals surface area (Å²) in [6.45, 7) is 3.87. The Labute approximate surface area is 281 Å². The summed E-state index contributed by atoms with van der Waals surface area (Å²) >= 11 is 7.17. The number of rotatable bonds is 11. The molecular formula is C40H40ClN2O3S+. The van der Waals surface area contributed by atoms with E-state index in [0.717, 1.165) is 66.2 Å². The van der Waals surface area contributed by atoms with E-state index in [-0.39, 0.29) is 5.75 Å². The normalized spacial score (nSPS) is 16.8. The van der Waals surface area contributed by atoms with Crippen molar-refractivity contribution in [2.24, 2.45) is 0 Å². The van der Waals surface area contributed by atoms with Gasteiger partial charge in [0.25, 0.3) is 10.1 Å². The van der Waals surface area contributed by atoms with E-state index < -0.39 is 10.1 Å². The minimum atomic E-state index is -3.98. The first-order valence-corrected chi connectivity index (χ1v) is 18.7. The highest BCUT2D eigenvalue weighted by Crippen LogP contribution is 2.37. The minimum absolute atomic E-state index is 0.228. The summed E-state index contributed by atoms with van der Waals surface area (Å²) < 4.78 is 36.6. The van der Waals surface area contributed by atoms with E-state index in [1.54, 1.807) is 0 Å². The SMILES string of the molecule is CCCCn1/c(=C/C=C2\CCCC(/C=C/C3=[N+](CCCCS(=O)(=O)O)c4cccc5cccc3c45)=C2Cl)c2cccc3cccc1c32. The van der Waals surface area contributed by atoms with Gasteiger partial charge in [-0.3, -0.25) is 4.55 Å². The van der Waals surface area contributed by atoms with Crippen LogP contribution in [0.1, 0.15) is 57.4 Å². The van der Waals surface area contributed by atoms with Crippen LogP contribution < -0.4 is 5.35 Å². The Morgan fingerprint density at radius 3 is 2.40 bits per heavy atom. The maximum Gasteiger partial charge on any atom is 0.264 e. The van der Waals surface area contributed by atoms with E-state index in [2.05, 4.69) is 113 Å². The first-order chi connectivity index (χ1) is 22.8. The zero-order valence-electron chi connectivity index (χ0n) is 26.8. The van der Waals surface area contributed by atoms with Crippen LogP contribution in [0.15, 0.2) is 107 Å². The first-order valence-electron chi connectivity index (χ1n) is 16.7. The summed E-state index contributed by atoms with van der Waals surface area (Å²) in [7, 11) is -3.98. The molecule has 7 rings (SSSR count). The fourth-order valence-electron chi connectivity index (χ4n) is 7.35. The lowest BCUT2D eigenvalue weighted by atomic mass is 9.93. The quantitative estimate of drug-likeness (QED) is 0.0871. The van der Waals surface area contributed by atoms with Crippen molar-refractivity contribution in [1.29, 1.82) is 0 Å². The zero-order valence-corrected chi connectivity index (χ0v) is 28.3. The molecule has 240 valence electrons. The van der Waals surface area contributed by atoms with E-state index in [1.165, 1.54) is 43.4 Å². The van der Waals surface area contributed by atoms with Crippen molar-refractivity contribution in [2.75, 3.05) is 12.3 Å². The van der Waals surface area contributed by atoms with Crippen LogP contribution in [0.25, 0.3) is 38.5 Å². The third-order valence-electron chi connectivity index (χ3n) is 9.59. The average molecular weight is 664 g/mol.